The normalized spacial score (nSPS) is 19.1. The summed E-state index contributed by atoms with van der Waals surface area (Å²) in [5.74, 6) is -1.83. The van der Waals surface area contributed by atoms with E-state index in [1.807, 2.05) is 12.2 Å². The second kappa shape index (κ2) is 8.09. The third-order valence-electron chi connectivity index (χ3n) is 3.91. The van der Waals surface area contributed by atoms with E-state index >= 15 is 0 Å². The van der Waals surface area contributed by atoms with Crippen molar-refractivity contribution in [2.45, 2.75) is 43.0 Å². The molecule has 1 aliphatic carbocycles. The van der Waals surface area contributed by atoms with Gasteiger partial charge in [-0.15, -0.1) is 13.2 Å². The van der Waals surface area contributed by atoms with Crippen LogP contribution in [-0.2, 0) is 14.8 Å². The molecule has 10 heteroatoms. The number of aliphatic carboxylic acids is 1. The first-order chi connectivity index (χ1) is 12.1. The fourth-order valence-electron chi connectivity index (χ4n) is 2.68. The molecule has 2 rings (SSSR count). The number of hydrogen-bond donors (Lipinski definition) is 2. The summed E-state index contributed by atoms with van der Waals surface area (Å²) in [5.41, 5.74) is 0. The number of benzene rings is 1. The summed E-state index contributed by atoms with van der Waals surface area (Å²) < 4.78 is 66.9. The first-order valence-electron chi connectivity index (χ1n) is 7.83. The highest BCUT2D eigenvalue weighted by atomic mass is 32.2. The number of rotatable bonds is 7. The van der Waals surface area contributed by atoms with Gasteiger partial charge in [0.05, 0.1) is 4.90 Å². The van der Waals surface area contributed by atoms with E-state index in [9.17, 15) is 31.5 Å². The van der Waals surface area contributed by atoms with E-state index in [4.69, 9.17) is 0 Å². The first-order valence-corrected chi connectivity index (χ1v) is 9.31. The SMILES string of the molecule is O=C(O)[C@H](C[C@H]1CC=CCC1)NS(=O)(=O)c1ccc(OC(F)(F)F)cc1. The number of sulfonamides is 1. The number of allylic oxidation sites excluding steroid dienone is 2. The van der Waals surface area contributed by atoms with E-state index in [-0.39, 0.29) is 17.2 Å². The predicted molar refractivity (Wildman–Crippen MR) is 86.0 cm³/mol. The molecule has 0 radical (unpaired) electrons. The Kier molecular flexibility index (Phi) is 6.30. The van der Waals surface area contributed by atoms with Crippen molar-refractivity contribution in [3.05, 3.63) is 36.4 Å². The summed E-state index contributed by atoms with van der Waals surface area (Å²) >= 11 is 0. The van der Waals surface area contributed by atoms with E-state index in [1.165, 1.54) is 0 Å². The van der Waals surface area contributed by atoms with Gasteiger partial charge in [0.25, 0.3) is 0 Å². The van der Waals surface area contributed by atoms with Gasteiger partial charge in [0.15, 0.2) is 0 Å². The van der Waals surface area contributed by atoms with Crippen molar-refractivity contribution in [3.63, 3.8) is 0 Å². The number of alkyl halides is 3. The van der Waals surface area contributed by atoms with Gasteiger partial charge in [-0.2, -0.15) is 4.72 Å². The van der Waals surface area contributed by atoms with Crippen molar-refractivity contribution in [2.75, 3.05) is 0 Å². The van der Waals surface area contributed by atoms with Gasteiger partial charge in [0.2, 0.25) is 10.0 Å². The minimum Gasteiger partial charge on any atom is -0.480 e. The second-order valence-corrected chi connectivity index (χ2v) is 7.63. The lowest BCUT2D eigenvalue weighted by Gasteiger charge is -2.22. The maximum atomic E-state index is 12.3. The standard InChI is InChI=1S/C16H18F3NO5S/c17-16(18,19)25-12-6-8-13(9-7-12)26(23,24)20-14(15(21)22)10-11-4-2-1-3-5-11/h1-2,6-9,11,14,20H,3-5,10H2,(H,21,22)/t11-,14-/m0/s1. The van der Waals surface area contributed by atoms with Gasteiger partial charge in [-0.25, -0.2) is 8.42 Å². The van der Waals surface area contributed by atoms with Gasteiger partial charge >= 0.3 is 12.3 Å². The molecule has 26 heavy (non-hydrogen) atoms. The van der Waals surface area contributed by atoms with Crippen LogP contribution in [-0.4, -0.2) is 31.9 Å². The van der Waals surface area contributed by atoms with Crippen molar-refractivity contribution in [2.24, 2.45) is 5.92 Å². The van der Waals surface area contributed by atoms with Crippen LogP contribution in [0.5, 0.6) is 5.75 Å². The molecule has 1 aromatic rings. The molecule has 0 saturated carbocycles. The number of carboxylic acid groups (broad SMARTS) is 1. The zero-order valence-electron chi connectivity index (χ0n) is 13.6. The average Bonchev–Trinajstić information content (AvgIpc) is 2.54. The fourth-order valence-corrected chi connectivity index (χ4v) is 3.88. The maximum absolute atomic E-state index is 12.3. The molecule has 0 aromatic heterocycles. The Morgan fingerprint density at radius 3 is 2.42 bits per heavy atom. The van der Waals surface area contributed by atoms with Crippen LogP contribution in [0.1, 0.15) is 25.7 Å². The zero-order chi connectivity index (χ0) is 19.4. The minimum absolute atomic E-state index is 0.0476. The Morgan fingerprint density at radius 1 is 1.27 bits per heavy atom. The molecule has 2 atom stereocenters. The Bertz CT molecular complexity index is 759. The molecule has 0 amide bonds. The van der Waals surface area contributed by atoms with Crippen LogP contribution < -0.4 is 9.46 Å². The highest BCUT2D eigenvalue weighted by Gasteiger charge is 2.32. The smallest absolute Gasteiger partial charge is 0.480 e. The third-order valence-corrected chi connectivity index (χ3v) is 5.40. The van der Waals surface area contributed by atoms with Gasteiger partial charge in [-0.3, -0.25) is 4.79 Å². The topological polar surface area (TPSA) is 92.7 Å². The number of halogens is 3. The van der Waals surface area contributed by atoms with Gasteiger partial charge in [0.1, 0.15) is 11.8 Å². The molecule has 0 aliphatic heterocycles. The summed E-state index contributed by atoms with van der Waals surface area (Å²) in [6.45, 7) is 0. The van der Waals surface area contributed by atoms with E-state index in [0.717, 1.165) is 37.1 Å². The molecule has 1 aromatic carbocycles. The molecule has 0 fully saturated rings. The summed E-state index contributed by atoms with van der Waals surface area (Å²) in [7, 11) is -4.20. The molecule has 6 nitrogen and oxygen atoms in total. The number of carboxylic acids is 1. The first kappa shape index (κ1) is 20.2. The van der Waals surface area contributed by atoms with Crippen LogP contribution in [0.15, 0.2) is 41.3 Å². The number of nitrogens with one attached hydrogen (secondary N) is 1. The number of ether oxygens (including phenoxy) is 1. The predicted octanol–water partition coefficient (Wildman–Crippen LogP) is 3.06. The van der Waals surface area contributed by atoms with E-state index in [1.54, 1.807) is 0 Å². The van der Waals surface area contributed by atoms with Crippen LogP contribution in [0, 0.1) is 5.92 Å². The van der Waals surface area contributed by atoms with Crippen molar-refractivity contribution in [3.8, 4) is 5.75 Å². The van der Waals surface area contributed by atoms with E-state index in [2.05, 4.69) is 9.46 Å². The minimum atomic E-state index is -4.89. The average molecular weight is 393 g/mol. The lowest BCUT2D eigenvalue weighted by molar-refractivity contribution is -0.274. The Hall–Kier alpha value is -2.07. The quantitative estimate of drug-likeness (QED) is 0.695. The molecular weight excluding hydrogens is 375 g/mol. The molecular formula is C16H18F3NO5S. The lowest BCUT2D eigenvalue weighted by Crippen LogP contribution is -2.42. The fraction of sp³-hybridized carbons (Fsp3) is 0.438. The zero-order valence-corrected chi connectivity index (χ0v) is 14.4. The molecule has 2 N–H and O–H groups in total. The Balaban J connectivity index is 2.09. The Morgan fingerprint density at radius 2 is 1.92 bits per heavy atom. The summed E-state index contributed by atoms with van der Waals surface area (Å²) in [6, 6.07) is 2.23. The van der Waals surface area contributed by atoms with Crippen LogP contribution in [0.2, 0.25) is 0 Å². The molecule has 0 saturated heterocycles. The maximum Gasteiger partial charge on any atom is 0.573 e. The van der Waals surface area contributed by atoms with Crippen molar-refractivity contribution in [1.29, 1.82) is 0 Å². The number of carbonyl (C=O) groups is 1. The highest BCUT2D eigenvalue weighted by Crippen LogP contribution is 2.25. The van der Waals surface area contributed by atoms with Crippen LogP contribution in [0.25, 0.3) is 0 Å². The molecule has 0 spiro atoms. The highest BCUT2D eigenvalue weighted by molar-refractivity contribution is 7.89. The van der Waals surface area contributed by atoms with Gasteiger partial charge in [0, 0.05) is 0 Å². The second-order valence-electron chi connectivity index (χ2n) is 5.92. The monoisotopic (exact) mass is 393 g/mol. The summed E-state index contributed by atoms with van der Waals surface area (Å²) in [5, 5.41) is 9.30. The lowest BCUT2D eigenvalue weighted by atomic mass is 9.89. The number of hydrogen-bond acceptors (Lipinski definition) is 4. The molecule has 0 heterocycles. The molecule has 0 bridgehead atoms. The Labute approximate surface area is 148 Å². The van der Waals surface area contributed by atoms with Crippen LogP contribution in [0.3, 0.4) is 0 Å². The van der Waals surface area contributed by atoms with Crippen molar-refractivity contribution in [1.82, 2.24) is 4.72 Å². The van der Waals surface area contributed by atoms with Gasteiger partial charge in [-0.1, -0.05) is 12.2 Å². The van der Waals surface area contributed by atoms with Gasteiger partial charge < -0.3 is 9.84 Å². The van der Waals surface area contributed by atoms with Crippen molar-refractivity contribution >= 4 is 16.0 Å². The van der Waals surface area contributed by atoms with E-state index < -0.39 is 34.1 Å². The largest absolute Gasteiger partial charge is 0.573 e. The summed E-state index contributed by atoms with van der Waals surface area (Å²) in [6.07, 6.45) is 1.42. The third kappa shape index (κ3) is 6.03. The molecule has 1 aliphatic rings. The van der Waals surface area contributed by atoms with E-state index in [0.29, 0.717) is 6.42 Å². The van der Waals surface area contributed by atoms with Crippen LogP contribution in [0.4, 0.5) is 13.2 Å². The molecule has 144 valence electrons. The molecule has 0 unspecified atom stereocenters. The van der Waals surface area contributed by atoms with Crippen LogP contribution >= 0.6 is 0 Å². The summed E-state index contributed by atoms with van der Waals surface area (Å²) in [4.78, 5) is 11.1. The van der Waals surface area contributed by atoms with Gasteiger partial charge in [-0.05, 0) is 55.9 Å². The van der Waals surface area contributed by atoms with Crippen molar-refractivity contribution < 1.29 is 36.2 Å².